The summed E-state index contributed by atoms with van der Waals surface area (Å²) in [5.41, 5.74) is 2.78. The van der Waals surface area contributed by atoms with E-state index in [4.69, 9.17) is 5.21 Å². The van der Waals surface area contributed by atoms with Gasteiger partial charge in [0, 0.05) is 19.0 Å². The van der Waals surface area contributed by atoms with Gasteiger partial charge in [-0.05, 0) is 12.5 Å². The average molecular weight is 208 g/mol. The quantitative estimate of drug-likeness (QED) is 0.504. The second-order valence-electron chi connectivity index (χ2n) is 3.37. The maximum absolute atomic E-state index is 10.7. The Labute approximate surface area is 89.3 Å². The zero-order valence-electron chi connectivity index (χ0n) is 8.73. The first kappa shape index (κ1) is 11.7. The predicted molar refractivity (Wildman–Crippen MR) is 57.4 cm³/mol. The third kappa shape index (κ3) is 4.10. The topological polar surface area (TPSA) is 61.4 Å². The van der Waals surface area contributed by atoms with Crippen LogP contribution in [0.25, 0.3) is 0 Å². The van der Waals surface area contributed by atoms with E-state index in [1.165, 1.54) is 5.56 Å². The molecule has 0 aliphatic carbocycles. The highest BCUT2D eigenvalue weighted by molar-refractivity contribution is 5.74. The molecule has 0 aromatic heterocycles. The molecule has 1 aromatic rings. The number of amides is 1. The molecule has 0 saturated carbocycles. The van der Waals surface area contributed by atoms with Gasteiger partial charge in [0.1, 0.15) is 0 Å². The highest BCUT2D eigenvalue weighted by Gasteiger charge is 2.04. The van der Waals surface area contributed by atoms with Crippen molar-refractivity contribution in [3.05, 3.63) is 35.9 Å². The minimum atomic E-state index is -0.372. The van der Waals surface area contributed by atoms with Gasteiger partial charge in [-0.25, -0.2) is 5.48 Å². The van der Waals surface area contributed by atoms with Crippen LogP contribution in [0.3, 0.4) is 0 Å². The minimum Gasteiger partial charge on any atom is -0.310 e. The second-order valence-corrected chi connectivity index (χ2v) is 3.37. The summed E-state index contributed by atoms with van der Waals surface area (Å²) in [6, 6.07) is 10.2. The number of hydrogen-bond donors (Lipinski definition) is 3. The number of carbonyl (C=O) groups is 1. The maximum Gasteiger partial charge on any atom is 0.244 e. The maximum atomic E-state index is 10.7. The molecule has 0 saturated heterocycles. The summed E-state index contributed by atoms with van der Waals surface area (Å²) >= 11 is 0. The van der Waals surface area contributed by atoms with Crippen LogP contribution in [-0.4, -0.2) is 17.7 Å². The van der Waals surface area contributed by atoms with Crippen LogP contribution in [0.2, 0.25) is 0 Å². The molecule has 1 rings (SSSR count). The van der Waals surface area contributed by atoms with Crippen LogP contribution in [0.4, 0.5) is 0 Å². The minimum absolute atomic E-state index is 0.206. The molecule has 82 valence electrons. The average Bonchev–Trinajstić information content (AvgIpc) is 2.29. The lowest BCUT2D eigenvalue weighted by molar-refractivity contribution is -0.129. The Morgan fingerprint density at radius 2 is 2.07 bits per heavy atom. The first-order chi connectivity index (χ1) is 7.24. The van der Waals surface area contributed by atoms with E-state index in [9.17, 15) is 4.79 Å². The molecule has 0 aliphatic rings. The van der Waals surface area contributed by atoms with Gasteiger partial charge in [0.05, 0.1) is 0 Å². The molecule has 1 aromatic carbocycles. The van der Waals surface area contributed by atoms with Crippen molar-refractivity contribution in [2.24, 2.45) is 0 Å². The lowest BCUT2D eigenvalue weighted by Gasteiger charge is -2.13. The fraction of sp³-hybridized carbons (Fsp3) is 0.364. The lowest BCUT2D eigenvalue weighted by atomic mass is 10.1. The highest BCUT2D eigenvalue weighted by Crippen LogP contribution is 2.10. The van der Waals surface area contributed by atoms with E-state index < -0.39 is 0 Å². The Bertz CT molecular complexity index is 301. The van der Waals surface area contributed by atoms with Crippen molar-refractivity contribution < 1.29 is 10.0 Å². The van der Waals surface area contributed by atoms with Crippen molar-refractivity contribution in [2.75, 3.05) is 6.54 Å². The van der Waals surface area contributed by atoms with Crippen LogP contribution in [0, 0.1) is 0 Å². The number of benzene rings is 1. The van der Waals surface area contributed by atoms with Gasteiger partial charge in [-0.2, -0.15) is 0 Å². The van der Waals surface area contributed by atoms with Gasteiger partial charge in [0.2, 0.25) is 5.91 Å². The van der Waals surface area contributed by atoms with Gasteiger partial charge in [-0.15, -0.1) is 0 Å². The number of hydrogen-bond acceptors (Lipinski definition) is 3. The first-order valence-corrected chi connectivity index (χ1v) is 4.95. The summed E-state index contributed by atoms with van der Waals surface area (Å²) in [6.07, 6.45) is 0.272. The van der Waals surface area contributed by atoms with Crippen molar-refractivity contribution in [3.8, 4) is 0 Å². The zero-order valence-corrected chi connectivity index (χ0v) is 8.73. The third-order valence-corrected chi connectivity index (χ3v) is 2.23. The van der Waals surface area contributed by atoms with Gasteiger partial charge in [-0.3, -0.25) is 10.0 Å². The summed E-state index contributed by atoms with van der Waals surface area (Å²) in [5.74, 6) is -0.372. The van der Waals surface area contributed by atoms with E-state index in [2.05, 4.69) is 5.32 Å². The van der Waals surface area contributed by atoms with E-state index in [1.807, 2.05) is 37.3 Å². The summed E-state index contributed by atoms with van der Waals surface area (Å²) in [6.45, 7) is 2.58. The Kier molecular flexibility index (Phi) is 4.80. The van der Waals surface area contributed by atoms with E-state index in [-0.39, 0.29) is 18.4 Å². The van der Waals surface area contributed by atoms with Crippen LogP contribution in [-0.2, 0) is 4.79 Å². The molecule has 4 nitrogen and oxygen atoms in total. The smallest absolute Gasteiger partial charge is 0.244 e. The standard InChI is InChI=1S/C11H16N2O2/c1-9(10-5-3-2-4-6-10)12-8-7-11(14)13-15/h2-6,9,12,15H,7-8H2,1H3,(H,13,14)/t9-/m0/s1. The first-order valence-electron chi connectivity index (χ1n) is 4.95. The summed E-state index contributed by atoms with van der Waals surface area (Å²) in [4.78, 5) is 10.7. The van der Waals surface area contributed by atoms with E-state index in [1.54, 1.807) is 5.48 Å². The third-order valence-electron chi connectivity index (χ3n) is 2.23. The largest absolute Gasteiger partial charge is 0.310 e. The van der Waals surface area contributed by atoms with Crippen LogP contribution in [0.1, 0.15) is 24.9 Å². The second kappa shape index (κ2) is 6.16. The lowest BCUT2D eigenvalue weighted by Crippen LogP contribution is -2.26. The molecule has 0 radical (unpaired) electrons. The zero-order chi connectivity index (χ0) is 11.1. The summed E-state index contributed by atoms with van der Waals surface area (Å²) in [7, 11) is 0. The molecule has 0 unspecified atom stereocenters. The molecular formula is C11H16N2O2. The summed E-state index contributed by atoms with van der Waals surface area (Å²) < 4.78 is 0. The van der Waals surface area contributed by atoms with Gasteiger partial charge in [0.25, 0.3) is 0 Å². The molecule has 0 heterocycles. The van der Waals surface area contributed by atoms with Gasteiger partial charge in [-0.1, -0.05) is 30.3 Å². The molecule has 0 bridgehead atoms. The predicted octanol–water partition coefficient (Wildman–Crippen LogP) is 1.23. The summed E-state index contributed by atoms with van der Waals surface area (Å²) in [5, 5.41) is 11.5. The van der Waals surface area contributed by atoms with Crippen LogP contribution in [0.15, 0.2) is 30.3 Å². The molecular weight excluding hydrogens is 192 g/mol. The number of rotatable bonds is 5. The van der Waals surface area contributed by atoms with Crippen molar-refractivity contribution in [3.63, 3.8) is 0 Å². The van der Waals surface area contributed by atoms with Crippen LogP contribution in [0.5, 0.6) is 0 Å². The van der Waals surface area contributed by atoms with Crippen LogP contribution >= 0.6 is 0 Å². The molecule has 0 aliphatic heterocycles. The van der Waals surface area contributed by atoms with Gasteiger partial charge < -0.3 is 5.32 Å². The van der Waals surface area contributed by atoms with Crippen LogP contribution < -0.4 is 10.8 Å². The fourth-order valence-electron chi connectivity index (χ4n) is 1.32. The van der Waals surface area contributed by atoms with Crippen molar-refractivity contribution >= 4 is 5.91 Å². The molecule has 0 spiro atoms. The number of hydroxylamine groups is 1. The molecule has 1 amide bonds. The SMILES string of the molecule is C[C@H](NCCC(=O)NO)c1ccccc1. The van der Waals surface area contributed by atoms with Crippen molar-refractivity contribution in [1.29, 1.82) is 0 Å². The fourth-order valence-corrected chi connectivity index (χ4v) is 1.32. The monoisotopic (exact) mass is 208 g/mol. The Hall–Kier alpha value is -1.39. The highest BCUT2D eigenvalue weighted by atomic mass is 16.5. The molecule has 0 fully saturated rings. The normalized spacial score (nSPS) is 12.1. The van der Waals surface area contributed by atoms with Crippen molar-refractivity contribution in [2.45, 2.75) is 19.4 Å². The number of carbonyl (C=O) groups excluding carboxylic acids is 1. The van der Waals surface area contributed by atoms with E-state index >= 15 is 0 Å². The Morgan fingerprint density at radius 3 is 2.67 bits per heavy atom. The van der Waals surface area contributed by atoms with Crippen molar-refractivity contribution in [1.82, 2.24) is 10.8 Å². The molecule has 3 N–H and O–H groups in total. The van der Waals surface area contributed by atoms with E-state index in [0.717, 1.165) is 0 Å². The van der Waals surface area contributed by atoms with Gasteiger partial charge >= 0.3 is 0 Å². The molecule has 4 heteroatoms. The number of nitrogens with one attached hydrogen (secondary N) is 2. The molecule has 15 heavy (non-hydrogen) atoms. The van der Waals surface area contributed by atoms with Gasteiger partial charge in [0.15, 0.2) is 0 Å². The Balaban J connectivity index is 2.31. The van der Waals surface area contributed by atoms with E-state index in [0.29, 0.717) is 6.54 Å². The Morgan fingerprint density at radius 1 is 1.40 bits per heavy atom. The molecule has 1 atom stereocenters.